The fourth-order valence-corrected chi connectivity index (χ4v) is 3.35. The van der Waals surface area contributed by atoms with E-state index in [0.29, 0.717) is 6.04 Å². The molecule has 122 valence electrons. The van der Waals surface area contributed by atoms with Crippen LogP contribution in [0.4, 0.5) is 0 Å². The zero-order chi connectivity index (χ0) is 16.3. The van der Waals surface area contributed by atoms with Crippen molar-refractivity contribution >= 4 is 17.5 Å². The summed E-state index contributed by atoms with van der Waals surface area (Å²) in [6.07, 6.45) is 0. The van der Waals surface area contributed by atoms with Gasteiger partial charge in [0, 0.05) is 51.3 Å². The first-order valence-corrected chi connectivity index (χ1v) is 8.23. The van der Waals surface area contributed by atoms with Crippen molar-refractivity contribution in [1.29, 1.82) is 0 Å². The van der Waals surface area contributed by atoms with Gasteiger partial charge in [-0.05, 0) is 25.5 Å². The van der Waals surface area contributed by atoms with Gasteiger partial charge >= 0.3 is 0 Å². The standard InChI is InChI=1S/C17H26ClN3O/c1-13(15-7-5-6-8-16(15)18)20-9-11-21(12-10-20)14(2)17(22)19(3)4/h5-8,13-14H,9-12H2,1-4H3. The number of rotatable bonds is 4. The Hall–Kier alpha value is -1.10. The Morgan fingerprint density at radius 3 is 2.18 bits per heavy atom. The molecule has 4 nitrogen and oxygen atoms in total. The number of benzene rings is 1. The van der Waals surface area contributed by atoms with Crippen molar-refractivity contribution in [2.75, 3.05) is 40.3 Å². The molecule has 1 fully saturated rings. The first kappa shape index (κ1) is 17.3. The zero-order valence-electron chi connectivity index (χ0n) is 13.9. The van der Waals surface area contributed by atoms with Crippen molar-refractivity contribution in [3.8, 4) is 0 Å². The lowest BCUT2D eigenvalue weighted by Gasteiger charge is -2.40. The Labute approximate surface area is 138 Å². The highest BCUT2D eigenvalue weighted by molar-refractivity contribution is 6.31. The molecular weight excluding hydrogens is 298 g/mol. The molecule has 0 spiro atoms. The summed E-state index contributed by atoms with van der Waals surface area (Å²) in [4.78, 5) is 18.4. The van der Waals surface area contributed by atoms with Crippen molar-refractivity contribution in [1.82, 2.24) is 14.7 Å². The van der Waals surface area contributed by atoms with Crippen LogP contribution in [0.1, 0.15) is 25.5 Å². The van der Waals surface area contributed by atoms with Crippen LogP contribution in [0.3, 0.4) is 0 Å². The lowest BCUT2D eigenvalue weighted by molar-refractivity contribution is -0.134. The van der Waals surface area contributed by atoms with Gasteiger partial charge in [-0.1, -0.05) is 29.8 Å². The second-order valence-electron chi connectivity index (χ2n) is 6.18. The first-order valence-electron chi connectivity index (χ1n) is 7.85. The molecule has 0 aromatic heterocycles. The summed E-state index contributed by atoms with van der Waals surface area (Å²) >= 11 is 6.31. The van der Waals surface area contributed by atoms with E-state index in [4.69, 9.17) is 11.6 Å². The molecule has 0 saturated carbocycles. The van der Waals surface area contributed by atoms with Crippen LogP contribution in [0.5, 0.6) is 0 Å². The molecule has 0 aliphatic carbocycles. The predicted octanol–water partition coefficient (Wildman–Crippen LogP) is 2.50. The summed E-state index contributed by atoms with van der Waals surface area (Å²) in [6.45, 7) is 7.93. The molecule has 2 atom stereocenters. The highest BCUT2D eigenvalue weighted by Crippen LogP contribution is 2.28. The molecule has 1 aromatic carbocycles. The minimum absolute atomic E-state index is 0.0484. The van der Waals surface area contributed by atoms with E-state index in [0.717, 1.165) is 31.2 Å². The number of piperazine rings is 1. The summed E-state index contributed by atoms with van der Waals surface area (Å²) in [7, 11) is 3.63. The van der Waals surface area contributed by atoms with Crippen LogP contribution < -0.4 is 0 Å². The van der Waals surface area contributed by atoms with Crippen molar-refractivity contribution in [3.05, 3.63) is 34.9 Å². The molecule has 0 N–H and O–H groups in total. The molecule has 22 heavy (non-hydrogen) atoms. The van der Waals surface area contributed by atoms with Gasteiger partial charge < -0.3 is 4.90 Å². The van der Waals surface area contributed by atoms with Crippen LogP contribution in [0, 0.1) is 0 Å². The summed E-state index contributed by atoms with van der Waals surface area (Å²) in [6, 6.07) is 8.29. The fraction of sp³-hybridized carbons (Fsp3) is 0.588. The lowest BCUT2D eigenvalue weighted by Crippen LogP contribution is -2.53. The van der Waals surface area contributed by atoms with Crippen LogP contribution in [-0.2, 0) is 4.79 Å². The molecule has 2 rings (SSSR count). The molecule has 5 heteroatoms. The zero-order valence-corrected chi connectivity index (χ0v) is 14.7. The van der Waals surface area contributed by atoms with E-state index in [1.165, 1.54) is 5.56 Å². The Morgan fingerprint density at radius 2 is 1.64 bits per heavy atom. The number of halogens is 1. The van der Waals surface area contributed by atoms with Gasteiger partial charge in [-0.25, -0.2) is 0 Å². The lowest BCUT2D eigenvalue weighted by atomic mass is 10.1. The minimum Gasteiger partial charge on any atom is -0.347 e. The van der Waals surface area contributed by atoms with Crippen molar-refractivity contribution in [2.45, 2.75) is 25.9 Å². The molecule has 2 unspecified atom stereocenters. The Balaban J connectivity index is 1.95. The van der Waals surface area contributed by atoms with Gasteiger partial charge in [-0.3, -0.25) is 14.6 Å². The van der Waals surface area contributed by atoms with Gasteiger partial charge in [0.1, 0.15) is 0 Å². The summed E-state index contributed by atoms with van der Waals surface area (Å²) in [5.74, 6) is 0.174. The summed E-state index contributed by atoms with van der Waals surface area (Å²) in [5.41, 5.74) is 1.18. The van der Waals surface area contributed by atoms with Crippen LogP contribution in [0.15, 0.2) is 24.3 Å². The monoisotopic (exact) mass is 323 g/mol. The second-order valence-corrected chi connectivity index (χ2v) is 6.59. The molecule has 1 aromatic rings. The molecule has 1 amide bonds. The van der Waals surface area contributed by atoms with Crippen LogP contribution in [-0.4, -0.2) is 66.9 Å². The number of hydrogen-bond donors (Lipinski definition) is 0. The third kappa shape index (κ3) is 3.80. The van der Waals surface area contributed by atoms with Crippen LogP contribution >= 0.6 is 11.6 Å². The van der Waals surface area contributed by atoms with Crippen molar-refractivity contribution < 1.29 is 4.79 Å². The van der Waals surface area contributed by atoms with E-state index in [1.54, 1.807) is 4.90 Å². The van der Waals surface area contributed by atoms with Crippen LogP contribution in [0.25, 0.3) is 0 Å². The summed E-state index contributed by atoms with van der Waals surface area (Å²) < 4.78 is 0. The van der Waals surface area contributed by atoms with Crippen molar-refractivity contribution in [2.24, 2.45) is 0 Å². The quantitative estimate of drug-likeness (QED) is 0.852. The molecule has 1 aliphatic rings. The van der Waals surface area contributed by atoms with Crippen LogP contribution in [0.2, 0.25) is 5.02 Å². The molecule has 0 radical (unpaired) electrons. The number of carbonyl (C=O) groups excluding carboxylic acids is 1. The maximum atomic E-state index is 12.1. The van der Waals surface area contributed by atoms with E-state index < -0.39 is 0 Å². The van der Waals surface area contributed by atoms with Gasteiger partial charge in [0.15, 0.2) is 0 Å². The third-order valence-corrected chi connectivity index (χ3v) is 4.94. The van der Waals surface area contributed by atoms with Gasteiger partial charge in [0.05, 0.1) is 6.04 Å². The van der Waals surface area contributed by atoms with E-state index in [2.05, 4.69) is 22.8 Å². The van der Waals surface area contributed by atoms with E-state index >= 15 is 0 Å². The minimum atomic E-state index is -0.0484. The number of amides is 1. The van der Waals surface area contributed by atoms with E-state index in [-0.39, 0.29) is 11.9 Å². The maximum absolute atomic E-state index is 12.1. The molecule has 1 heterocycles. The molecule has 1 aliphatic heterocycles. The first-order chi connectivity index (χ1) is 10.4. The van der Waals surface area contributed by atoms with Crippen molar-refractivity contribution in [3.63, 3.8) is 0 Å². The SMILES string of the molecule is CC(C(=O)N(C)C)N1CCN(C(C)c2ccccc2Cl)CC1. The van der Waals surface area contributed by atoms with Gasteiger partial charge in [-0.15, -0.1) is 0 Å². The number of carbonyl (C=O) groups is 1. The molecular formula is C17H26ClN3O. The third-order valence-electron chi connectivity index (χ3n) is 4.60. The van der Waals surface area contributed by atoms with Gasteiger partial charge in [0.2, 0.25) is 5.91 Å². The number of likely N-dealkylation sites (N-methyl/N-ethyl adjacent to an activating group) is 1. The highest BCUT2D eigenvalue weighted by atomic mass is 35.5. The maximum Gasteiger partial charge on any atom is 0.239 e. The Morgan fingerprint density at radius 1 is 1.09 bits per heavy atom. The fourth-order valence-electron chi connectivity index (χ4n) is 3.05. The topological polar surface area (TPSA) is 26.8 Å². The average Bonchev–Trinajstić information content (AvgIpc) is 2.53. The second kappa shape index (κ2) is 7.44. The van der Waals surface area contributed by atoms with Gasteiger partial charge in [0.25, 0.3) is 0 Å². The Bertz CT molecular complexity index is 512. The highest BCUT2D eigenvalue weighted by Gasteiger charge is 2.28. The normalized spacial score (nSPS) is 19.7. The average molecular weight is 324 g/mol. The number of hydrogen-bond acceptors (Lipinski definition) is 3. The smallest absolute Gasteiger partial charge is 0.239 e. The summed E-state index contributed by atoms with van der Waals surface area (Å²) in [5, 5.41) is 0.827. The molecule has 0 bridgehead atoms. The molecule has 1 saturated heterocycles. The number of nitrogens with zero attached hydrogens (tertiary/aromatic N) is 3. The van der Waals surface area contributed by atoms with E-state index in [9.17, 15) is 4.79 Å². The van der Waals surface area contributed by atoms with E-state index in [1.807, 2.05) is 39.2 Å². The largest absolute Gasteiger partial charge is 0.347 e. The predicted molar refractivity (Wildman–Crippen MR) is 91.2 cm³/mol. The Kier molecular flexibility index (Phi) is 5.84. The van der Waals surface area contributed by atoms with Gasteiger partial charge in [-0.2, -0.15) is 0 Å².